The molecule has 0 spiro atoms. The van der Waals surface area contributed by atoms with E-state index in [0.29, 0.717) is 39.5 Å². The molecule has 2 aromatic carbocycles. The van der Waals surface area contributed by atoms with Gasteiger partial charge in [-0.15, -0.1) is 0 Å². The van der Waals surface area contributed by atoms with Gasteiger partial charge in [-0.05, 0) is 55.8 Å². The highest BCUT2D eigenvalue weighted by atomic mass is 35.5. The zero-order valence-corrected chi connectivity index (χ0v) is 19.2. The summed E-state index contributed by atoms with van der Waals surface area (Å²) < 4.78 is 25.7. The van der Waals surface area contributed by atoms with E-state index in [9.17, 15) is 9.18 Å². The lowest BCUT2D eigenvalue weighted by Gasteiger charge is -2.07. The number of carbonyl (C=O) groups is 1. The number of carbonyl (C=O) groups excluding carboxylic acids is 1. The van der Waals surface area contributed by atoms with Gasteiger partial charge in [0.2, 0.25) is 0 Å². The van der Waals surface area contributed by atoms with Gasteiger partial charge < -0.3 is 14.6 Å². The zero-order chi connectivity index (χ0) is 23.5. The molecule has 2 aromatic heterocycles. The highest BCUT2D eigenvalue weighted by Crippen LogP contribution is 2.24. The van der Waals surface area contributed by atoms with Crippen molar-refractivity contribution in [2.75, 3.05) is 5.32 Å². The van der Waals surface area contributed by atoms with Gasteiger partial charge in [-0.3, -0.25) is 9.48 Å². The van der Waals surface area contributed by atoms with Crippen molar-refractivity contribution in [3.63, 3.8) is 0 Å². The van der Waals surface area contributed by atoms with Crippen LogP contribution in [0.1, 0.15) is 33.1 Å². The molecule has 0 bridgehead atoms. The van der Waals surface area contributed by atoms with Gasteiger partial charge in [-0.1, -0.05) is 34.4 Å². The van der Waals surface area contributed by atoms with Crippen molar-refractivity contribution < 1.29 is 18.4 Å². The van der Waals surface area contributed by atoms with Gasteiger partial charge in [0.1, 0.15) is 23.9 Å². The predicted octanol–water partition coefficient (Wildman–Crippen LogP) is 5.81. The fourth-order valence-electron chi connectivity index (χ4n) is 3.14. The van der Waals surface area contributed by atoms with Crippen LogP contribution in [-0.4, -0.2) is 20.8 Å². The van der Waals surface area contributed by atoms with Crippen LogP contribution in [0, 0.1) is 19.7 Å². The molecular formula is C23H19Cl2FN4O3. The quantitative estimate of drug-likeness (QED) is 0.354. The Hall–Kier alpha value is -3.36. The van der Waals surface area contributed by atoms with Crippen LogP contribution in [0.3, 0.4) is 0 Å². The van der Waals surface area contributed by atoms with Crippen LogP contribution in [0.25, 0.3) is 0 Å². The van der Waals surface area contributed by atoms with E-state index >= 15 is 0 Å². The molecule has 1 N–H and O–H groups in total. The average Bonchev–Trinajstić information content (AvgIpc) is 3.32. The number of rotatable bonds is 7. The highest BCUT2D eigenvalue weighted by Gasteiger charge is 2.21. The molecule has 4 aromatic rings. The lowest BCUT2D eigenvalue weighted by Crippen LogP contribution is -2.16. The monoisotopic (exact) mass is 488 g/mol. The molecule has 7 nitrogen and oxygen atoms in total. The molecular weight excluding hydrogens is 470 g/mol. The first-order valence-corrected chi connectivity index (χ1v) is 10.7. The van der Waals surface area contributed by atoms with Gasteiger partial charge in [-0.2, -0.15) is 5.10 Å². The van der Waals surface area contributed by atoms with Crippen molar-refractivity contribution in [3.05, 3.63) is 92.7 Å². The summed E-state index contributed by atoms with van der Waals surface area (Å²) in [4.78, 5) is 12.8. The summed E-state index contributed by atoms with van der Waals surface area (Å²) in [5.41, 5.74) is 2.34. The van der Waals surface area contributed by atoms with Gasteiger partial charge in [-0.25, -0.2) is 4.39 Å². The number of nitrogens with zero attached hydrogens (tertiary/aromatic N) is 3. The normalized spacial score (nSPS) is 10.9. The molecule has 0 fully saturated rings. The third kappa shape index (κ3) is 5.35. The first-order valence-electron chi connectivity index (χ1n) is 9.93. The third-order valence-electron chi connectivity index (χ3n) is 4.94. The number of anilines is 1. The predicted molar refractivity (Wildman–Crippen MR) is 122 cm³/mol. The first kappa shape index (κ1) is 22.8. The van der Waals surface area contributed by atoms with Gasteiger partial charge in [0, 0.05) is 11.8 Å². The fraction of sp³-hybridized carbons (Fsp3) is 0.174. The van der Waals surface area contributed by atoms with E-state index in [0.717, 1.165) is 11.3 Å². The summed E-state index contributed by atoms with van der Waals surface area (Å²) in [6.07, 6.45) is 0. The Labute approximate surface area is 199 Å². The Morgan fingerprint density at radius 3 is 2.61 bits per heavy atom. The molecule has 170 valence electrons. The summed E-state index contributed by atoms with van der Waals surface area (Å²) >= 11 is 12.1. The van der Waals surface area contributed by atoms with Crippen LogP contribution in [0.15, 0.2) is 53.1 Å². The molecule has 0 radical (unpaired) electrons. The summed E-state index contributed by atoms with van der Waals surface area (Å²) in [6.45, 7) is 4.05. The van der Waals surface area contributed by atoms with Crippen LogP contribution < -0.4 is 10.1 Å². The molecule has 0 unspecified atom stereocenters. The van der Waals surface area contributed by atoms with Crippen molar-refractivity contribution in [1.82, 2.24) is 14.9 Å². The number of benzene rings is 2. The van der Waals surface area contributed by atoms with Gasteiger partial charge in [0.05, 0.1) is 22.2 Å². The Kier molecular flexibility index (Phi) is 6.67. The maximum Gasteiger partial charge on any atom is 0.279 e. The lowest BCUT2D eigenvalue weighted by molar-refractivity contribution is 0.101. The van der Waals surface area contributed by atoms with E-state index in [1.54, 1.807) is 29.8 Å². The molecule has 0 aliphatic rings. The molecule has 2 heterocycles. The lowest BCUT2D eigenvalue weighted by atomic mass is 10.2. The van der Waals surface area contributed by atoms with Gasteiger partial charge in [0.25, 0.3) is 5.91 Å². The van der Waals surface area contributed by atoms with E-state index in [2.05, 4.69) is 15.6 Å². The van der Waals surface area contributed by atoms with E-state index in [1.165, 1.54) is 24.3 Å². The Morgan fingerprint density at radius 1 is 1.12 bits per heavy atom. The molecule has 0 aliphatic carbocycles. The molecule has 0 aliphatic heterocycles. The maximum atomic E-state index is 13.1. The highest BCUT2D eigenvalue weighted by molar-refractivity contribution is 6.42. The van der Waals surface area contributed by atoms with Gasteiger partial charge in [0.15, 0.2) is 11.5 Å². The minimum atomic E-state index is -0.483. The molecule has 1 amide bonds. The minimum Gasteiger partial charge on any atom is -0.489 e. The van der Waals surface area contributed by atoms with Crippen LogP contribution in [-0.2, 0) is 13.2 Å². The summed E-state index contributed by atoms with van der Waals surface area (Å²) in [7, 11) is 0. The first-order chi connectivity index (χ1) is 15.8. The summed E-state index contributed by atoms with van der Waals surface area (Å²) in [5, 5.41) is 12.0. The number of halogens is 3. The Morgan fingerprint density at radius 2 is 1.88 bits per heavy atom. The molecule has 0 atom stereocenters. The van der Waals surface area contributed by atoms with Crippen molar-refractivity contribution in [3.8, 4) is 5.75 Å². The van der Waals surface area contributed by atoms with Gasteiger partial charge >= 0.3 is 0 Å². The van der Waals surface area contributed by atoms with E-state index in [-0.39, 0.29) is 18.1 Å². The van der Waals surface area contributed by atoms with Crippen LogP contribution in [0.2, 0.25) is 10.0 Å². The molecule has 0 saturated carbocycles. The van der Waals surface area contributed by atoms with Crippen LogP contribution in [0.5, 0.6) is 5.75 Å². The average molecular weight is 489 g/mol. The van der Waals surface area contributed by atoms with Crippen molar-refractivity contribution in [1.29, 1.82) is 0 Å². The summed E-state index contributed by atoms with van der Waals surface area (Å²) in [5.74, 6) is 0.424. The number of ether oxygens (including phenoxy) is 1. The number of amides is 1. The Balaban J connectivity index is 1.46. The number of aromatic nitrogens is 3. The number of nitrogens with one attached hydrogen (secondary N) is 1. The van der Waals surface area contributed by atoms with E-state index in [4.69, 9.17) is 32.5 Å². The molecule has 0 saturated heterocycles. The summed E-state index contributed by atoms with van der Waals surface area (Å²) in [6, 6.07) is 12.7. The molecule has 4 rings (SSSR count). The standard InChI is InChI=1S/C23H19Cl2FN4O3/c1-13-9-21(28-30(13)11-15-3-8-19(24)20(25)10-15)27-23(31)22-18(14(2)33-29-22)12-32-17-6-4-16(26)5-7-17/h3-10H,11-12H2,1-2H3,(H,27,28,31). The number of hydrogen-bond acceptors (Lipinski definition) is 5. The maximum absolute atomic E-state index is 13.1. The van der Waals surface area contributed by atoms with Crippen molar-refractivity contribution in [2.24, 2.45) is 0 Å². The van der Waals surface area contributed by atoms with E-state index < -0.39 is 5.91 Å². The smallest absolute Gasteiger partial charge is 0.279 e. The Bertz CT molecular complexity index is 1300. The topological polar surface area (TPSA) is 82.2 Å². The SMILES string of the molecule is Cc1onc(C(=O)Nc2cc(C)n(Cc3ccc(Cl)c(Cl)c3)n2)c1COc1ccc(F)cc1. The van der Waals surface area contributed by atoms with Crippen molar-refractivity contribution >= 4 is 34.9 Å². The third-order valence-corrected chi connectivity index (χ3v) is 5.67. The van der Waals surface area contributed by atoms with Crippen LogP contribution in [0.4, 0.5) is 10.2 Å². The zero-order valence-electron chi connectivity index (χ0n) is 17.7. The largest absolute Gasteiger partial charge is 0.489 e. The van der Waals surface area contributed by atoms with Crippen LogP contribution >= 0.6 is 23.2 Å². The minimum absolute atomic E-state index is 0.0362. The molecule has 33 heavy (non-hydrogen) atoms. The number of hydrogen-bond donors (Lipinski definition) is 1. The number of aryl methyl sites for hydroxylation is 2. The van der Waals surface area contributed by atoms with Crippen molar-refractivity contribution in [2.45, 2.75) is 27.0 Å². The second-order valence-electron chi connectivity index (χ2n) is 7.34. The fourth-order valence-corrected chi connectivity index (χ4v) is 3.46. The second kappa shape index (κ2) is 9.64. The second-order valence-corrected chi connectivity index (χ2v) is 8.15. The van der Waals surface area contributed by atoms with E-state index in [1.807, 2.05) is 13.0 Å². The molecule has 10 heteroatoms.